The molecule has 0 bridgehead atoms. The summed E-state index contributed by atoms with van der Waals surface area (Å²) in [6.45, 7) is 0. The average Bonchev–Trinajstić information content (AvgIpc) is 2.86. The van der Waals surface area contributed by atoms with Crippen molar-refractivity contribution in [2.45, 2.75) is 38.5 Å². The zero-order valence-corrected chi connectivity index (χ0v) is 6.77. The van der Waals surface area contributed by atoms with Gasteiger partial charge in [-0.1, -0.05) is 11.6 Å². The Morgan fingerprint density at radius 3 is 2.64 bits per heavy atom. The topological polar surface area (TPSA) is 23.8 Å². The minimum absolute atomic E-state index is 0.0282. The molecule has 0 aromatic heterocycles. The molecular formula is C10H13N. The lowest BCUT2D eigenvalue weighted by Crippen LogP contribution is -2.04. The van der Waals surface area contributed by atoms with E-state index in [9.17, 15) is 0 Å². The summed E-state index contributed by atoms with van der Waals surface area (Å²) in [6, 6.07) is 2.45. The summed E-state index contributed by atoms with van der Waals surface area (Å²) in [6.07, 6.45) is 9.57. The lowest BCUT2D eigenvalue weighted by Gasteiger charge is -2.15. The van der Waals surface area contributed by atoms with E-state index in [1.807, 2.05) is 0 Å². The van der Waals surface area contributed by atoms with Crippen LogP contribution in [-0.2, 0) is 0 Å². The fraction of sp³-hybridized carbons (Fsp3) is 0.700. The molecule has 1 nitrogen and oxygen atoms in total. The fourth-order valence-corrected chi connectivity index (χ4v) is 1.90. The number of hydrogen-bond donors (Lipinski definition) is 0. The van der Waals surface area contributed by atoms with Crippen LogP contribution in [0.5, 0.6) is 0 Å². The summed E-state index contributed by atoms with van der Waals surface area (Å²) in [5.41, 5.74) is 1.48. The van der Waals surface area contributed by atoms with Crippen molar-refractivity contribution >= 4 is 0 Å². The van der Waals surface area contributed by atoms with Crippen LogP contribution in [0.2, 0.25) is 0 Å². The second-order valence-electron chi connectivity index (χ2n) is 3.67. The Labute approximate surface area is 67.7 Å². The molecule has 1 saturated carbocycles. The third-order valence-electron chi connectivity index (χ3n) is 2.87. The highest BCUT2D eigenvalue weighted by Gasteiger charge is 2.46. The highest BCUT2D eigenvalue weighted by molar-refractivity contribution is 5.31. The molecule has 2 aliphatic rings. The lowest BCUT2D eigenvalue weighted by atomic mass is 9.88. The normalized spacial score (nSPS) is 27.0. The van der Waals surface area contributed by atoms with E-state index >= 15 is 0 Å². The summed E-state index contributed by atoms with van der Waals surface area (Å²) in [7, 11) is 0. The van der Waals surface area contributed by atoms with Crippen LogP contribution in [0.15, 0.2) is 11.6 Å². The van der Waals surface area contributed by atoms with Crippen molar-refractivity contribution in [1.82, 2.24) is 0 Å². The molecule has 0 radical (unpaired) electrons. The molecule has 11 heavy (non-hydrogen) atoms. The highest BCUT2D eigenvalue weighted by atomic mass is 14.5. The van der Waals surface area contributed by atoms with Gasteiger partial charge in [0.2, 0.25) is 0 Å². The lowest BCUT2D eigenvalue weighted by molar-refractivity contribution is 0.626. The molecule has 0 saturated heterocycles. The molecule has 2 rings (SSSR count). The first-order valence-electron chi connectivity index (χ1n) is 4.48. The molecule has 1 fully saturated rings. The second kappa shape index (κ2) is 2.37. The van der Waals surface area contributed by atoms with Gasteiger partial charge < -0.3 is 0 Å². The second-order valence-corrected chi connectivity index (χ2v) is 3.67. The number of allylic oxidation sites excluding steroid dienone is 2. The molecule has 1 heteroatoms. The molecule has 0 aliphatic heterocycles. The number of rotatable bonds is 1. The van der Waals surface area contributed by atoms with Crippen molar-refractivity contribution in [2.24, 2.45) is 5.41 Å². The van der Waals surface area contributed by atoms with E-state index in [4.69, 9.17) is 5.26 Å². The molecule has 0 unspecified atom stereocenters. The molecule has 0 N–H and O–H groups in total. The zero-order chi connectivity index (χ0) is 7.73. The summed E-state index contributed by atoms with van der Waals surface area (Å²) in [5, 5.41) is 8.92. The summed E-state index contributed by atoms with van der Waals surface area (Å²) < 4.78 is 0. The zero-order valence-electron chi connectivity index (χ0n) is 6.77. The monoisotopic (exact) mass is 147 g/mol. The Balaban J connectivity index is 2.16. The van der Waals surface area contributed by atoms with Gasteiger partial charge in [0.05, 0.1) is 11.5 Å². The molecule has 58 valence electrons. The van der Waals surface area contributed by atoms with Crippen LogP contribution in [0.3, 0.4) is 0 Å². The van der Waals surface area contributed by atoms with E-state index < -0.39 is 0 Å². The minimum atomic E-state index is 0.0282. The van der Waals surface area contributed by atoms with E-state index in [2.05, 4.69) is 12.1 Å². The predicted octanol–water partition coefficient (Wildman–Crippen LogP) is 2.79. The van der Waals surface area contributed by atoms with Gasteiger partial charge in [-0.3, -0.25) is 0 Å². The molecule has 0 aromatic carbocycles. The third kappa shape index (κ3) is 1.07. The van der Waals surface area contributed by atoms with Crippen molar-refractivity contribution < 1.29 is 0 Å². The summed E-state index contributed by atoms with van der Waals surface area (Å²) in [5.74, 6) is 0. The van der Waals surface area contributed by atoms with Crippen LogP contribution in [0.1, 0.15) is 38.5 Å². The first-order chi connectivity index (χ1) is 5.37. The largest absolute Gasteiger partial charge is 0.197 e. The highest BCUT2D eigenvalue weighted by Crippen LogP contribution is 2.53. The molecule has 0 amide bonds. The Morgan fingerprint density at radius 1 is 1.36 bits per heavy atom. The first kappa shape index (κ1) is 6.91. The van der Waals surface area contributed by atoms with Gasteiger partial charge in [-0.05, 0) is 38.5 Å². The van der Waals surface area contributed by atoms with Crippen molar-refractivity contribution in [3.05, 3.63) is 11.6 Å². The Hall–Kier alpha value is -0.770. The van der Waals surface area contributed by atoms with Gasteiger partial charge in [-0.2, -0.15) is 5.26 Å². The van der Waals surface area contributed by atoms with E-state index in [0.717, 1.165) is 12.8 Å². The van der Waals surface area contributed by atoms with Gasteiger partial charge >= 0.3 is 0 Å². The standard InChI is InChI=1S/C10H13N/c11-8-10(6-7-10)9-4-2-1-3-5-9/h4H,1-3,5-7H2. The maximum Gasteiger partial charge on any atom is 0.0784 e. The van der Waals surface area contributed by atoms with Gasteiger partial charge in [0.15, 0.2) is 0 Å². The van der Waals surface area contributed by atoms with Gasteiger partial charge in [0, 0.05) is 0 Å². The predicted molar refractivity (Wildman–Crippen MR) is 43.8 cm³/mol. The Morgan fingerprint density at radius 2 is 2.18 bits per heavy atom. The van der Waals surface area contributed by atoms with Gasteiger partial charge in [0.25, 0.3) is 0 Å². The molecule has 0 heterocycles. The third-order valence-corrected chi connectivity index (χ3v) is 2.87. The summed E-state index contributed by atoms with van der Waals surface area (Å²) in [4.78, 5) is 0. The average molecular weight is 147 g/mol. The quantitative estimate of drug-likeness (QED) is 0.523. The molecule has 0 atom stereocenters. The van der Waals surface area contributed by atoms with E-state index in [-0.39, 0.29) is 5.41 Å². The van der Waals surface area contributed by atoms with Gasteiger partial charge in [0.1, 0.15) is 0 Å². The minimum Gasteiger partial charge on any atom is -0.197 e. The summed E-state index contributed by atoms with van der Waals surface area (Å²) >= 11 is 0. The molecule has 2 aliphatic carbocycles. The number of hydrogen-bond acceptors (Lipinski definition) is 1. The van der Waals surface area contributed by atoms with Crippen molar-refractivity contribution in [1.29, 1.82) is 5.26 Å². The number of nitrogens with zero attached hydrogens (tertiary/aromatic N) is 1. The molecule has 0 aromatic rings. The van der Waals surface area contributed by atoms with Crippen LogP contribution >= 0.6 is 0 Å². The van der Waals surface area contributed by atoms with Crippen LogP contribution < -0.4 is 0 Å². The molecule has 0 spiro atoms. The van der Waals surface area contributed by atoms with Gasteiger partial charge in [-0.15, -0.1) is 0 Å². The van der Waals surface area contributed by atoms with E-state index in [1.165, 1.54) is 31.3 Å². The number of nitriles is 1. The molecular weight excluding hydrogens is 134 g/mol. The van der Waals surface area contributed by atoms with Crippen LogP contribution in [-0.4, -0.2) is 0 Å². The van der Waals surface area contributed by atoms with Crippen molar-refractivity contribution in [3.63, 3.8) is 0 Å². The first-order valence-corrected chi connectivity index (χ1v) is 4.48. The van der Waals surface area contributed by atoms with Crippen LogP contribution in [0.4, 0.5) is 0 Å². The van der Waals surface area contributed by atoms with Gasteiger partial charge in [-0.25, -0.2) is 0 Å². The van der Waals surface area contributed by atoms with Crippen LogP contribution in [0.25, 0.3) is 0 Å². The van der Waals surface area contributed by atoms with Crippen molar-refractivity contribution in [3.8, 4) is 6.07 Å². The maximum absolute atomic E-state index is 8.92. The smallest absolute Gasteiger partial charge is 0.0784 e. The van der Waals surface area contributed by atoms with E-state index in [1.54, 1.807) is 0 Å². The maximum atomic E-state index is 8.92. The van der Waals surface area contributed by atoms with E-state index in [0.29, 0.717) is 0 Å². The Kier molecular flexibility index (Phi) is 1.49. The Bertz CT molecular complexity index is 228. The van der Waals surface area contributed by atoms with Crippen molar-refractivity contribution in [2.75, 3.05) is 0 Å². The SMILES string of the molecule is N#CC1(C2=CCCCC2)CC1. The van der Waals surface area contributed by atoms with Crippen LogP contribution in [0, 0.1) is 16.7 Å². The fourth-order valence-electron chi connectivity index (χ4n) is 1.90.